The molecule has 37 heavy (non-hydrogen) atoms. The molecule has 2 aromatic carbocycles. The first-order chi connectivity index (χ1) is 17.8. The minimum Gasteiger partial charge on any atom is -0.497 e. The summed E-state index contributed by atoms with van der Waals surface area (Å²) >= 11 is 0.852. The number of thioether (sulfide) groups is 1. The van der Waals surface area contributed by atoms with Gasteiger partial charge in [-0.2, -0.15) is 0 Å². The molecule has 1 aromatic heterocycles. The van der Waals surface area contributed by atoms with E-state index in [9.17, 15) is 14.4 Å². The van der Waals surface area contributed by atoms with Crippen LogP contribution in [0.4, 0.5) is 10.5 Å². The maximum Gasteiger partial charge on any atom is 0.294 e. The number of imide groups is 1. The van der Waals surface area contributed by atoms with Gasteiger partial charge in [0.2, 0.25) is 5.91 Å². The summed E-state index contributed by atoms with van der Waals surface area (Å²) in [6, 6.07) is 17.4. The van der Waals surface area contributed by atoms with Crippen molar-refractivity contribution in [3.05, 3.63) is 82.0 Å². The number of anilines is 1. The van der Waals surface area contributed by atoms with Gasteiger partial charge in [0.05, 0.1) is 12.0 Å². The van der Waals surface area contributed by atoms with Crippen molar-refractivity contribution in [2.45, 2.75) is 40.0 Å². The highest BCUT2D eigenvalue weighted by molar-refractivity contribution is 8.18. The van der Waals surface area contributed by atoms with Gasteiger partial charge in [-0.15, -0.1) is 0 Å². The van der Waals surface area contributed by atoms with Crippen molar-refractivity contribution in [1.29, 1.82) is 0 Å². The first-order valence-electron chi connectivity index (χ1n) is 12.3. The monoisotopic (exact) mass is 517 g/mol. The van der Waals surface area contributed by atoms with Gasteiger partial charge in [-0.3, -0.25) is 19.3 Å². The zero-order chi connectivity index (χ0) is 26.5. The number of ether oxygens (including phenoxy) is 1. The molecule has 0 spiro atoms. The third-order valence-corrected chi connectivity index (χ3v) is 7.23. The second-order valence-corrected chi connectivity index (χ2v) is 9.97. The highest BCUT2D eigenvalue weighted by Gasteiger charge is 2.36. The summed E-state index contributed by atoms with van der Waals surface area (Å²) in [7, 11) is 1.56. The van der Waals surface area contributed by atoms with Gasteiger partial charge < -0.3 is 14.6 Å². The van der Waals surface area contributed by atoms with Crippen LogP contribution >= 0.6 is 11.8 Å². The molecule has 192 valence electrons. The number of benzene rings is 2. The number of nitrogens with one attached hydrogen (secondary N) is 1. The van der Waals surface area contributed by atoms with Crippen LogP contribution < -0.4 is 10.1 Å². The zero-order valence-corrected chi connectivity index (χ0v) is 22.4. The summed E-state index contributed by atoms with van der Waals surface area (Å²) in [5, 5.41) is 2.25. The average Bonchev–Trinajstić information content (AvgIpc) is 3.32. The number of aryl methyl sites for hydroxylation is 2. The number of aromatic nitrogens is 1. The molecule has 8 heteroatoms. The lowest BCUT2D eigenvalue weighted by molar-refractivity contribution is -0.127. The summed E-state index contributed by atoms with van der Waals surface area (Å²) in [5.41, 5.74) is 5.79. The van der Waals surface area contributed by atoms with Crippen LogP contribution in [-0.2, 0) is 16.0 Å². The van der Waals surface area contributed by atoms with Crippen molar-refractivity contribution in [1.82, 2.24) is 9.47 Å². The van der Waals surface area contributed by atoms with E-state index in [0.29, 0.717) is 16.3 Å². The Balaban J connectivity index is 1.47. The Hall–Kier alpha value is -3.78. The normalized spacial score (nSPS) is 14.5. The van der Waals surface area contributed by atoms with E-state index in [4.69, 9.17) is 4.74 Å². The summed E-state index contributed by atoms with van der Waals surface area (Å²) < 4.78 is 7.25. The van der Waals surface area contributed by atoms with Crippen molar-refractivity contribution in [2.75, 3.05) is 19.0 Å². The second kappa shape index (κ2) is 11.5. The van der Waals surface area contributed by atoms with E-state index in [1.807, 2.05) is 19.9 Å². The Bertz CT molecular complexity index is 1340. The molecule has 4 rings (SSSR count). The third kappa shape index (κ3) is 5.97. The Labute approximate surface area is 221 Å². The molecule has 1 saturated heterocycles. The molecule has 0 atom stereocenters. The van der Waals surface area contributed by atoms with Crippen molar-refractivity contribution in [2.24, 2.45) is 0 Å². The highest BCUT2D eigenvalue weighted by atomic mass is 32.2. The molecule has 0 radical (unpaired) electrons. The van der Waals surface area contributed by atoms with Gasteiger partial charge >= 0.3 is 0 Å². The lowest BCUT2D eigenvalue weighted by Crippen LogP contribution is -2.36. The van der Waals surface area contributed by atoms with Gasteiger partial charge in [-0.1, -0.05) is 25.5 Å². The minimum absolute atomic E-state index is 0.303. The molecule has 3 aromatic rings. The molecule has 2 heterocycles. The first kappa shape index (κ1) is 26.3. The number of nitrogens with zero attached hydrogens (tertiary/aromatic N) is 2. The quantitative estimate of drug-likeness (QED) is 0.346. The number of rotatable bonds is 9. The van der Waals surface area contributed by atoms with E-state index in [2.05, 4.69) is 41.1 Å². The van der Waals surface area contributed by atoms with Crippen LogP contribution in [0.2, 0.25) is 0 Å². The second-order valence-electron chi connectivity index (χ2n) is 8.98. The summed E-state index contributed by atoms with van der Waals surface area (Å²) in [6.45, 7) is 5.85. The van der Waals surface area contributed by atoms with E-state index in [0.717, 1.165) is 45.7 Å². The number of hydrogen-bond donors (Lipinski definition) is 1. The van der Waals surface area contributed by atoms with Crippen molar-refractivity contribution in [3.63, 3.8) is 0 Å². The average molecular weight is 518 g/mol. The Kier molecular flexibility index (Phi) is 8.18. The minimum atomic E-state index is -0.468. The van der Waals surface area contributed by atoms with Gasteiger partial charge in [-0.05, 0) is 98.1 Å². The molecule has 7 nitrogen and oxygen atoms in total. The molecule has 0 saturated carbocycles. The molecular weight excluding hydrogens is 486 g/mol. The largest absolute Gasteiger partial charge is 0.497 e. The SMILES string of the molecule is CCCCc1ccc(-n2c(C)cc(/C=C3/SC(=O)N(CC(=O)Nc4ccc(OC)cc4)C3=O)c2C)cc1. The lowest BCUT2D eigenvalue weighted by atomic mass is 10.1. The van der Waals surface area contributed by atoms with Gasteiger partial charge in [-0.25, -0.2) is 0 Å². The molecule has 0 bridgehead atoms. The summed E-state index contributed by atoms with van der Waals surface area (Å²) in [4.78, 5) is 39.3. The Morgan fingerprint density at radius 2 is 1.76 bits per heavy atom. The summed E-state index contributed by atoms with van der Waals surface area (Å²) in [6.07, 6.45) is 5.14. The van der Waals surface area contributed by atoms with Crippen LogP contribution in [0.15, 0.2) is 59.5 Å². The molecule has 0 aliphatic carbocycles. The molecule has 3 amide bonds. The number of amides is 3. The van der Waals surface area contributed by atoms with Crippen molar-refractivity contribution in [3.8, 4) is 11.4 Å². The predicted molar refractivity (Wildman–Crippen MR) is 148 cm³/mol. The fraction of sp³-hybridized carbons (Fsp3) is 0.276. The number of carbonyl (C=O) groups is 3. The number of methoxy groups -OCH3 is 1. The number of carbonyl (C=O) groups excluding carboxylic acids is 3. The lowest BCUT2D eigenvalue weighted by Gasteiger charge is -2.12. The first-order valence-corrected chi connectivity index (χ1v) is 13.1. The van der Waals surface area contributed by atoms with Crippen LogP contribution in [0, 0.1) is 13.8 Å². The van der Waals surface area contributed by atoms with Gasteiger partial charge in [0, 0.05) is 22.8 Å². The Morgan fingerprint density at radius 3 is 2.41 bits per heavy atom. The third-order valence-electron chi connectivity index (χ3n) is 6.32. The van der Waals surface area contributed by atoms with E-state index >= 15 is 0 Å². The van der Waals surface area contributed by atoms with Crippen molar-refractivity contribution < 1.29 is 19.1 Å². The van der Waals surface area contributed by atoms with Crippen LogP contribution in [0.25, 0.3) is 11.8 Å². The molecule has 1 N–H and O–H groups in total. The molecule has 1 fully saturated rings. The zero-order valence-electron chi connectivity index (χ0n) is 21.5. The smallest absolute Gasteiger partial charge is 0.294 e. The number of unbranched alkanes of at least 4 members (excludes halogenated alkanes) is 1. The van der Waals surface area contributed by atoms with E-state index < -0.39 is 17.1 Å². The fourth-order valence-electron chi connectivity index (χ4n) is 4.32. The molecule has 1 aliphatic heterocycles. The van der Waals surface area contributed by atoms with E-state index in [1.165, 1.54) is 18.4 Å². The molecule has 1 aliphatic rings. The van der Waals surface area contributed by atoms with Crippen molar-refractivity contribution >= 4 is 40.6 Å². The maximum atomic E-state index is 13.0. The van der Waals surface area contributed by atoms with Gasteiger partial charge in [0.25, 0.3) is 11.1 Å². The highest BCUT2D eigenvalue weighted by Crippen LogP contribution is 2.34. The van der Waals surface area contributed by atoms with Crippen LogP contribution in [0.3, 0.4) is 0 Å². The predicted octanol–water partition coefficient (Wildman–Crippen LogP) is 6.12. The maximum absolute atomic E-state index is 13.0. The van der Waals surface area contributed by atoms with Crippen LogP contribution in [-0.4, -0.2) is 40.2 Å². The Morgan fingerprint density at radius 1 is 1.05 bits per heavy atom. The standard InChI is InChI=1S/C29H31N3O4S/c1-5-6-7-21-8-12-24(13-9-21)32-19(2)16-22(20(32)3)17-26-28(34)31(29(35)37-26)18-27(33)30-23-10-14-25(36-4)15-11-23/h8-17H,5-7,18H2,1-4H3,(H,30,33)/b26-17+. The summed E-state index contributed by atoms with van der Waals surface area (Å²) in [5.74, 6) is -0.253. The molecular formula is C29H31N3O4S. The van der Waals surface area contributed by atoms with Crippen LogP contribution in [0.5, 0.6) is 5.75 Å². The topological polar surface area (TPSA) is 80.6 Å². The number of hydrogen-bond acceptors (Lipinski definition) is 5. The molecule has 0 unspecified atom stereocenters. The fourth-order valence-corrected chi connectivity index (χ4v) is 5.15. The van der Waals surface area contributed by atoms with Gasteiger partial charge in [0.1, 0.15) is 12.3 Å². The van der Waals surface area contributed by atoms with E-state index in [-0.39, 0.29) is 6.54 Å². The van der Waals surface area contributed by atoms with Crippen LogP contribution in [0.1, 0.15) is 42.3 Å². The van der Waals surface area contributed by atoms with E-state index in [1.54, 1.807) is 37.5 Å². The van der Waals surface area contributed by atoms with Gasteiger partial charge in [0.15, 0.2) is 0 Å².